The van der Waals surface area contributed by atoms with Crippen molar-refractivity contribution in [3.63, 3.8) is 0 Å². The van der Waals surface area contributed by atoms with Crippen molar-refractivity contribution in [1.82, 2.24) is 14.6 Å². The van der Waals surface area contributed by atoms with Crippen LogP contribution >= 0.6 is 0 Å². The quantitative estimate of drug-likeness (QED) is 0.800. The van der Waals surface area contributed by atoms with E-state index in [-0.39, 0.29) is 6.10 Å². The number of para-hydroxylation sites is 1. The van der Waals surface area contributed by atoms with Crippen LogP contribution in [0.25, 0.3) is 5.65 Å². The number of fused-ring (bicyclic) bond motifs is 2. The van der Waals surface area contributed by atoms with Crippen molar-refractivity contribution in [2.45, 2.75) is 19.4 Å². The van der Waals surface area contributed by atoms with E-state index in [0.717, 1.165) is 23.4 Å². The van der Waals surface area contributed by atoms with Gasteiger partial charge in [0.25, 0.3) is 0 Å². The molecule has 106 valence electrons. The van der Waals surface area contributed by atoms with E-state index in [1.165, 1.54) is 5.56 Å². The van der Waals surface area contributed by atoms with Crippen LogP contribution in [0.5, 0.6) is 5.75 Å². The second-order valence-electron chi connectivity index (χ2n) is 5.38. The Morgan fingerprint density at radius 2 is 2.19 bits per heavy atom. The average Bonchev–Trinajstić information content (AvgIpc) is 3.07. The summed E-state index contributed by atoms with van der Waals surface area (Å²) >= 11 is 0. The maximum atomic E-state index is 5.90. The van der Waals surface area contributed by atoms with Gasteiger partial charge in [0.1, 0.15) is 11.9 Å². The smallest absolute Gasteiger partial charge is 0.243 e. The molecule has 3 aromatic rings. The Labute approximate surface area is 122 Å². The van der Waals surface area contributed by atoms with Gasteiger partial charge in [-0.25, -0.2) is 4.52 Å². The lowest BCUT2D eigenvalue weighted by molar-refractivity contribution is 0.246. The van der Waals surface area contributed by atoms with Gasteiger partial charge in [0, 0.05) is 12.6 Å². The predicted molar refractivity (Wildman–Crippen MR) is 80.8 cm³/mol. The van der Waals surface area contributed by atoms with Crippen molar-refractivity contribution in [2.75, 3.05) is 11.9 Å². The number of anilines is 1. The number of hydrogen-bond donors (Lipinski definition) is 1. The van der Waals surface area contributed by atoms with E-state index in [9.17, 15) is 0 Å². The summed E-state index contributed by atoms with van der Waals surface area (Å²) in [4.78, 5) is 4.45. The second-order valence-corrected chi connectivity index (χ2v) is 5.38. The number of hydrogen-bond acceptors (Lipinski definition) is 4. The molecule has 1 aliphatic heterocycles. The Bertz CT molecular complexity index is 771. The molecule has 1 atom stereocenters. The van der Waals surface area contributed by atoms with E-state index >= 15 is 0 Å². The molecule has 1 N–H and O–H groups in total. The third-order valence-electron chi connectivity index (χ3n) is 3.68. The van der Waals surface area contributed by atoms with E-state index in [4.69, 9.17) is 4.74 Å². The molecule has 0 amide bonds. The Hall–Kier alpha value is -2.56. The van der Waals surface area contributed by atoms with E-state index < -0.39 is 0 Å². The molecule has 21 heavy (non-hydrogen) atoms. The lowest BCUT2D eigenvalue weighted by atomic mass is 10.1. The van der Waals surface area contributed by atoms with Crippen LogP contribution < -0.4 is 10.1 Å². The molecular formula is C16H16N4O. The number of benzene rings is 1. The van der Waals surface area contributed by atoms with Gasteiger partial charge < -0.3 is 10.1 Å². The summed E-state index contributed by atoms with van der Waals surface area (Å²) in [5.41, 5.74) is 3.27. The zero-order valence-corrected chi connectivity index (χ0v) is 11.8. The van der Waals surface area contributed by atoms with Gasteiger partial charge in [-0.1, -0.05) is 24.3 Å². The maximum Gasteiger partial charge on any atom is 0.243 e. The number of ether oxygens (including phenoxy) is 1. The van der Waals surface area contributed by atoms with Crippen LogP contribution in [0.15, 0.2) is 42.6 Å². The summed E-state index contributed by atoms with van der Waals surface area (Å²) < 4.78 is 7.69. The highest BCUT2D eigenvalue weighted by molar-refractivity contribution is 5.44. The topological polar surface area (TPSA) is 51.5 Å². The van der Waals surface area contributed by atoms with Gasteiger partial charge in [0.15, 0.2) is 5.65 Å². The van der Waals surface area contributed by atoms with Crippen LogP contribution in [0.4, 0.5) is 5.95 Å². The summed E-state index contributed by atoms with van der Waals surface area (Å²) in [6, 6.07) is 12.2. The second kappa shape index (κ2) is 4.77. The maximum absolute atomic E-state index is 5.90. The monoisotopic (exact) mass is 280 g/mol. The molecule has 0 bridgehead atoms. The predicted octanol–water partition coefficient (Wildman–Crippen LogP) is 2.45. The first-order chi connectivity index (χ1) is 10.3. The van der Waals surface area contributed by atoms with Gasteiger partial charge in [0.2, 0.25) is 5.95 Å². The molecular weight excluding hydrogens is 264 g/mol. The Morgan fingerprint density at radius 3 is 3.10 bits per heavy atom. The van der Waals surface area contributed by atoms with Crippen LogP contribution in [0.3, 0.4) is 0 Å². The fraction of sp³-hybridized carbons (Fsp3) is 0.250. The number of rotatable bonds is 3. The molecule has 2 aromatic heterocycles. The van der Waals surface area contributed by atoms with Crippen molar-refractivity contribution < 1.29 is 4.74 Å². The number of aryl methyl sites for hydroxylation is 1. The summed E-state index contributed by atoms with van der Waals surface area (Å²) in [6.45, 7) is 2.74. The minimum absolute atomic E-state index is 0.135. The normalized spacial score (nSPS) is 16.7. The molecule has 4 rings (SSSR count). The van der Waals surface area contributed by atoms with Crippen LogP contribution in [-0.4, -0.2) is 27.2 Å². The molecule has 0 saturated heterocycles. The molecule has 1 aliphatic rings. The lowest BCUT2D eigenvalue weighted by Crippen LogP contribution is -2.24. The van der Waals surface area contributed by atoms with Crippen molar-refractivity contribution >= 4 is 11.6 Å². The van der Waals surface area contributed by atoms with Gasteiger partial charge in [0.05, 0.1) is 6.54 Å². The summed E-state index contributed by atoms with van der Waals surface area (Å²) in [5.74, 6) is 1.63. The van der Waals surface area contributed by atoms with Crippen molar-refractivity contribution in [1.29, 1.82) is 0 Å². The van der Waals surface area contributed by atoms with Gasteiger partial charge in [-0.05, 0) is 30.2 Å². The molecule has 0 fully saturated rings. The van der Waals surface area contributed by atoms with Gasteiger partial charge in [-0.2, -0.15) is 4.98 Å². The molecule has 0 spiro atoms. The van der Waals surface area contributed by atoms with Crippen LogP contribution in [-0.2, 0) is 6.42 Å². The average molecular weight is 280 g/mol. The highest BCUT2D eigenvalue weighted by atomic mass is 16.5. The van der Waals surface area contributed by atoms with Crippen LogP contribution in [0.2, 0.25) is 0 Å². The largest absolute Gasteiger partial charge is 0.488 e. The molecule has 1 unspecified atom stereocenters. The number of nitrogens with one attached hydrogen (secondary N) is 1. The highest BCUT2D eigenvalue weighted by Crippen LogP contribution is 2.28. The lowest BCUT2D eigenvalue weighted by Gasteiger charge is -2.10. The SMILES string of the molecule is Cc1ccc2nc(NCC3Cc4ccccc4O3)nn2c1. The van der Waals surface area contributed by atoms with Gasteiger partial charge >= 0.3 is 0 Å². The fourth-order valence-electron chi connectivity index (χ4n) is 2.63. The summed E-state index contributed by atoms with van der Waals surface area (Å²) in [5, 5.41) is 7.68. The van der Waals surface area contributed by atoms with Crippen molar-refractivity contribution in [2.24, 2.45) is 0 Å². The molecule has 0 aliphatic carbocycles. The third kappa shape index (κ3) is 2.31. The standard InChI is InChI=1S/C16H16N4O/c1-11-6-7-15-18-16(19-20(15)10-11)17-9-13-8-12-4-2-3-5-14(12)21-13/h2-7,10,13H,8-9H2,1H3,(H,17,19). The molecule has 0 radical (unpaired) electrons. The first-order valence-corrected chi connectivity index (χ1v) is 7.09. The van der Waals surface area contributed by atoms with Gasteiger partial charge in [-0.3, -0.25) is 0 Å². The van der Waals surface area contributed by atoms with E-state index in [2.05, 4.69) is 21.5 Å². The van der Waals surface area contributed by atoms with Crippen LogP contribution in [0, 0.1) is 6.92 Å². The fourth-order valence-corrected chi connectivity index (χ4v) is 2.63. The molecule has 3 heterocycles. The zero-order valence-electron chi connectivity index (χ0n) is 11.8. The minimum atomic E-state index is 0.135. The first kappa shape index (κ1) is 12.2. The Kier molecular flexibility index (Phi) is 2.77. The molecule has 5 heteroatoms. The first-order valence-electron chi connectivity index (χ1n) is 7.09. The summed E-state index contributed by atoms with van der Waals surface area (Å²) in [6.07, 6.45) is 3.03. The number of aromatic nitrogens is 3. The Balaban J connectivity index is 1.45. The summed E-state index contributed by atoms with van der Waals surface area (Å²) in [7, 11) is 0. The third-order valence-corrected chi connectivity index (χ3v) is 3.68. The highest BCUT2D eigenvalue weighted by Gasteiger charge is 2.22. The van der Waals surface area contributed by atoms with Crippen molar-refractivity contribution in [3.05, 3.63) is 53.7 Å². The van der Waals surface area contributed by atoms with E-state index in [0.29, 0.717) is 12.5 Å². The van der Waals surface area contributed by atoms with Crippen molar-refractivity contribution in [3.8, 4) is 5.75 Å². The minimum Gasteiger partial charge on any atom is -0.488 e. The zero-order chi connectivity index (χ0) is 14.2. The Morgan fingerprint density at radius 1 is 1.29 bits per heavy atom. The van der Waals surface area contributed by atoms with E-state index in [1.807, 2.05) is 43.5 Å². The molecule has 5 nitrogen and oxygen atoms in total. The number of nitrogens with zero attached hydrogens (tertiary/aromatic N) is 3. The molecule has 1 aromatic carbocycles. The van der Waals surface area contributed by atoms with Gasteiger partial charge in [-0.15, -0.1) is 5.10 Å². The number of pyridine rings is 1. The van der Waals surface area contributed by atoms with E-state index in [1.54, 1.807) is 4.52 Å². The molecule has 0 saturated carbocycles. The van der Waals surface area contributed by atoms with Crippen LogP contribution in [0.1, 0.15) is 11.1 Å².